The normalized spacial score (nSPS) is 20.0. The van der Waals surface area contributed by atoms with E-state index in [1.807, 2.05) is 6.08 Å². The second kappa shape index (κ2) is 51.8. The van der Waals surface area contributed by atoms with Crippen LogP contribution < -0.4 is 5.32 Å². The summed E-state index contributed by atoms with van der Waals surface area (Å²) in [5, 5.41) is 56.8. The number of unbranched alkanes of at least 4 members (excludes halogenated alkanes) is 16. The molecular weight excluding hydrogens is 955 g/mol. The molecule has 0 aliphatic carbocycles. The van der Waals surface area contributed by atoms with E-state index in [1.165, 1.54) is 38.5 Å². The standard InChI is InChI=1S/C65H107NO10/c1-4-7-10-13-16-19-22-24-26-27-28-29-30-31-32-33-34-37-40-43-46-49-52-58(69)64(73)66-56(57(68)51-48-45-42-39-36-21-18-15-12-9-6-3)55-74-65-63(62(72)61(71)59(54-67)75-65)76-60(70)53-50-47-44-41-38-35-25-23-20-17-14-11-8-5-2/h7-8,10-11,16-17,19-20,24-26,28-29,31-32,34-35,37,48,51,56-59,61-63,65,67-69,71-72H,4-6,9,12-15,18,21-23,27,30,33,36,38-47,49-50,52-55H2,1-3H3,(H,66,73)/b10-7-,11-8+,19-16-,20-17+,26-24-,29-28-,32-31-,35-25+,37-34-,51-48+. The molecule has 1 amide bonds. The van der Waals surface area contributed by atoms with Crippen LogP contribution in [0.4, 0.5) is 0 Å². The Balaban J connectivity index is 2.72. The minimum absolute atomic E-state index is 0.0874. The molecule has 6 N–H and O–H groups in total. The van der Waals surface area contributed by atoms with Gasteiger partial charge in [-0.25, -0.2) is 0 Å². The fourth-order valence-electron chi connectivity index (χ4n) is 8.43. The van der Waals surface area contributed by atoms with Crippen LogP contribution in [0.3, 0.4) is 0 Å². The number of allylic oxidation sites excluding steroid dienone is 19. The van der Waals surface area contributed by atoms with Gasteiger partial charge in [0, 0.05) is 6.42 Å². The molecule has 0 radical (unpaired) electrons. The Morgan fingerprint density at radius 1 is 0.526 bits per heavy atom. The van der Waals surface area contributed by atoms with Crippen LogP contribution in [0.15, 0.2) is 122 Å². The van der Waals surface area contributed by atoms with Crippen molar-refractivity contribution in [2.45, 2.75) is 262 Å². The van der Waals surface area contributed by atoms with Crippen molar-refractivity contribution in [1.29, 1.82) is 0 Å². The van der Waals surface area contributed by atoms with Crippen LogP contribution in [-0.2, 0) is 23.8 Å². The van der Waals surface area contributed by atoms with E-state index in [0.29, 0.717) is 12.8 Å². The van der Waals surface area contributed by atoms with Crippen LogP contribution in [0.1, 0.15) is 213 Å². The van der Waals surface area contributed by atoms with E-state index in [1.54, 1.807) is 6.08 Å². The molecule has 1 saturated heterocycles. The maximum absolute atomic E-state index is 13.4. The first-order valence-corrected chi connectivity index (χ1v) is 29.8. The highest BCUT2D eigenvalue weighted by Crippen LogP contribution is 2.26. The van der Waals surface area contributed by atoms with E-state index in [-0.39, 0.29) is 19.4 Å². The third-order valence-electron chi connectivity index (χ3n) is 13.1. The summed E-state index contributed by atoms with van der Waals surface area (Å²) in [6.07, 6.45) is 61.0. The first-order valence-electron chi connectivity index (χ1n) is 29.8. The predicted molar refractivity (Wildman–Crippen MR) is 314 cm³/mol. The monoisotopic (exact) mass is 1060 g/mol. The number of nitrogens with one attached hydrogen (secondary N) is 1. The second-order valence-corrected chi connectivity index (χ2v) is 20.0. The summed E-state index contributed by atoms with van der Waals surface area (Å²) >= 11 is 0. The molecule has 0 aromatic carbocycles. The number of carbonyl (C=O) groups is 2. The van der Waals surface area contributed by atoms with Gasteiger partial charge in [0.05, 0.1) is 25.4 Å². The highest BCUT2D eigenvalue weighted by molar-refractivity contribution is 5.80. The highest BCUT2D eigenvalue weighted by Gasteiger charge is 2.47. The van der Waals surface area contributed by atoms with Gasteiger partial charge in [0.2, 0.25) is 5.91 Å². The minimum Gasteiger partial charge on any atom is -0.454 e. The van der Waals surface area contributed by atoms with Gasteiger partial charge in [0.15, 0.2) is 12.4 Å². The van der Waals surface area contributed by atoms with Crippen LogP contribution in [-0.4, -0.2) is 99.6 Å². The van der Waals surface area contributed by atoms with Crippen LogP contribution in [0, 0.1) is 0 Å². The van der Waals surface area contributed by atoms with Crippen LogP contribution in [0.2, 0.25) is 0 Å². The highest BCUT2D eigenvalue weighted by atomic mass is 16.7. The van der Waals surface area contributed by atoms with Crippen molar-refractivity contribution in [2.24, 2.45) is 0 Å². The first-order chi connectivity index (χ1) is 37.2. The quantitative estimate of drug-likeness (QED) is 0.0195. The van der Waals surface area contributed by atoms with E-state index in [4.69, 9.17) is 14.2 Å². The zero-order valence-corrected chi connectivity index (χ0v) is 47.6. The number of hydrogen-bond donors (Lipinski definition) is 6. The van der Waals surface area contributed by atoms with Crippen molar-refractivity contribution in [3.8, 4) is 0 Å². The van der Waals surface area contributed by atoms with Crippen LogP contribution in [0.5, 0.6) is 0 Å². The zero-order chi connectivity index (χ0) is 55.4. The Morgan fingerprint density at radius 3 is 1.42 bits per heavy atom. The van der Waals surface area contributed by atoms with Gasteiger partial charge in [0.25, 0.3) is 0 Å². The first kappa shape index (κ1) is 70.1. The molecule has 0 saturated carbocycles. The molecule has 76 heavy (non-hydrogen) atoms. The molecule has 1 heterocycles. The van der Waals surface area contributed by atoms with Gasteiger partial charge in [0.1, 0.15) is 24.4 Å². The molecule has 0 spiro atoms. The number of hydrogen-bond acceptors (Lipinski definition) is 10. The van der Waals surface area contributed by atoms with Crippen LogP contribution >= 0.6 is 0 Å². The number of rotatable bonds is 48. The molecule has 11 heteroatoms. The molecule has 0 aromatic heterocycles. The van der Waals surface area contributed by atoms with Crippen molar-refractivity contribution < 1.29 is 49.3 Å². The molecule has 8 unspecified atom stereocenters. The summed E-state index contributed by atoms with van der Waals surface area (Å²) in [5.41, 5.74) is 0. The van der Waals surface area contributed by atoms with Gasteiger partial charge in [-0.3, -0.25) is 9.59 Å². The summed E-state index contributed by atoms with van der Waals surface area (Å²) in [5.74, 6) is -1.26. The van der Waals surface area contributed by atoms with Gasteiger partial charge in [-0.1, -0.05) is 219 Å². The van der Waals surface area contributed by atoms with Gasteiger partial charge in [-0.05, 0) is 109 Å². The fraction of sp³-hybridized carbons (Fsp3) is 0.662. The van der Waals surface area contributed by atoms with E-state index in [2.05, 4.69) is 135 Å². The topological polar surface area (TPSA) is 175 Å². The van der Waals surface area contributed by atoms with Crippen molar-refractivity contribution >= 4 is 11.9 Å². The smallest absolute Gasteiger partial charge is 0.306 e. The third kappa shape index (κ3) is 39.4. The average molecular weight is 1060 g/mol. The number of aliphatic hydroxyl groups excluding tert-OH is 5. The molecule has 0 aromatic rings. The molecule has 1 aliphatic heterocycles. The number of amides is 1. The van der Waals surface area contributed by atoms with E-state index in [0.717, 1.165) is 128 Å². The Morgan fingerprint density at radius 2 is 0.947 bits per heavy atom. The van der Waals surface area contributed by atoms with Crippen LogP contribution in [0.25, 0.3) is 0 Å². The third-order valence-corrected chi connectivity index (χ3v) is 13.1. The van der Waals surface area contributed by atoms with E-state index >= 15 is 0 Å². The van der Waals surface area contributed by atoms with Gasteiger partial charge < -0.3 is 45.1 Å². The fourth-order valence-corrected chi connectivity index (χ4v) is 8.43. The molecule has 432 valence electrons. The maximum atomic E-state index is 13.4. The van der Waals surface area contributed by atoms with Crippen molar-refractivity contribution in [3.05, 3.63) is 122 Å². The summed E-state index contributed by atoms with van der Waals surface area (Å²) in [4.78, 5) is 26.5. The summed E-state index contributed by atoms with van der Waals surface area (Å²) < 4.78 is 17.5. The maximum Gasteiger partial charge on any atom is 0.306 e. The number of ether oxygens (including phenoxy) is 3. The van der Waals surface area contributed by atoms with Gasteiger partial charge >= 0.3 is 5.97 Å². The summed E-state index contributed by atoms with van der Waals surface area (Å²) in [6.45, 7) is 5.50. The Labute approximate surface area is 461 Å². The molecule has 1 fully saturated rings. The largest absolute Gasteiger partial charge is 0.454 e. The van der Waals surface area contributed by atoms with Crippen molar-refractivity contribution in [2.75, 3.05) is 13.2 Å². The average Bonchev–Trinajstić information content (AvgIpc) is 3.42. The SMILES string of the molecule is CC/C=C\C/C=C\C/C=C\C/C=C\C/C=C\C/C=C\CCCCCC(O)C(=O)NC(COC1OC(CO)C(O)C(O)C1OC(=O)CCCCCC/C=C/C/C=C/C/C=C/CC)C(O)/C=C/CCCCCCCCCCC. The van der Waals surface area contributed by atoms with Gasteiger partial charge in [-0.15, -0.1) is 0 Å². The molecule has 11 nitrogen and oxygen atoms in total. The van der Waals surface area contributed by atoms with Crippen molar-refractivity contribution in [1.82, 2.24) is 5.32 Å². The molecule has 1 rings (SSSR count). The molecule has 0 bridgehead atoms. The molecular formula is C65H107NO10. The molecule has 1 aliphatic rings. The predicted octanol–water partition coefficient (Wildman–Crippen LogP) is 13.9. The summed E-state index contributed by atoms with van der Waals surface area (Å²) in [6, 6.07) is -1.05. The minimum atomic E-state index is -1.63. The van der Waals surface area contributed by atoms with E-state index < -0.39 is 67.4 Å². The Hall–Kier alpha value is -3.94. The van der Waals surface area contributed by atoms with Crippen molar-refractivity contribution in [3.63, 3.8) is 0 Å². The Bertz CT molecular complexity index is 1690. The lowest BCUT2D eigenvalue weighted by molar-refractivity contribution is -0.305. The van der Waals surface area contributed by atoms with E-state index in [9.17, 15) is 35.1 Å². The summed E-state index contributed by atoms with van der Waals surface area (Å²) in [7, 11) is 0. The number of carbonyl (C=O) groups excluding carboxylic acids is 2. The Kier molecular flexibility index (Phi) is 47.8. The number of aliphatic hydroxyl groups is 5. The second-order valence-electron chi connectivity index (χ2n) is 20.0. The zero-order valence-electron chi connectivity index (χ0n) is 47.6. The molecule has 8 atom stereocenters. The number of esters is 1. The lowest BCUT2D eigenvalue weighted by atomic mass is 9.99. The lowest BCUT2D eigenvalue weighted by Gasteiger charge is -2.41. The lowest BCUT2D eigenvalue weighted by Crippen LogP contribution is -2.61. The van der Waals surface area contributed by atoms with Gasteiger partial charge in [-0.2, -0.15) is 0 Å².